The predicted molar refractivity (Wildman–Crippen MR) is 69.6 cm³/mol. The molecule has 1 aromatic rings. The number of aryl methyl sites for hydroxylation is 1. The van der Waals surface area contributed by atoms with Crippen molar-refractivity contribution in [2.24, 2.45) is 0 Å². The number of halogens is 1. The van der Waals surface area contributed by atoms with E-state index in [0.29, 0.717) is 6.42 Å². The molecule has 1 amide bonds. The van der Waals surface area contributed by atoms with E-state index in [9.17, 15) is 14.0 Å². The van der Waals surface area contributed by atoms with Crippen molar-refractivity contribution < 1.29 is 19.1 Å². The predicted octanol–water partition coefficient (Wildman–Crippen LogP) is 2.51. The molecule has 1 rings (SSSR count). The molecule has 0 spiro atoms. The van der Waals surface area contributed by atoms with E-state index in [1.165, 1.54) is 12.1 Å². The third-order valence-corrected chi connectivity index (χ3v) is 2.76. The van der Waals surface area contributed by atoms with Gasteiger partial charge >= 0.3 is 5.97 Å². The summed E-state index contributed by atoms with van der Waals surface area (Å²) in [4.78, 5) is 22.6. The average Bonchev–Trinajstić information content (AvgIpc) is 2.27. The van der Waals surface area contributed by atoms with Crippen LogP contribution in [0.5, 0.6) is 0 Å². The number of carboxylic acids is 1. The van der Waals surface area contributed by atoms with Gasteiger partial charge < -0.3 is 10.4 Å². The second-order valence-corrected chi connectivity index (χ2v) is 4.54. The molecule has 0 fully saturated rings. The fourth-order valence-electron chi connectivity index (χ4n) is 1.85. The number of amides is 1. The van der Waals surface area contributed by atoms with E-state index < -0.39 is 23.7 Å². The number of hydrogen-bond donors (Lipinski definition) is 2. The first-order chi connectivity index (χ1) is 8.93. The van der Waals surface area contributed by atoms with Crippen LogP contribution in [0.15, 0.2) is 18.2 Å². The zero-order chi connectivity index (χ0) is 14.4. The quantitative estimate of drug-likeness (QED) is 0.832. The van der Waals surface area contributed by atoms with Crippen LogP contribution in [0.3, 0.4) is 0 Å². The Morgan fingerprint density at radius 2 is 2.11 bits per heavy atom. The van der Waals surface area contributed by atoms with Gasteiger partial charge in [-0.1, -0.05) is 19.4 Å². The van der Waals surface area contributed by atoms with Gasteiger partial charge in [0.2, 0.25) is 0 Å². The van der Waals surface area contributed by atoms with E-state index in [-0.39, 0.29) is 12.0 Å². The molecule has 0 saturated carbocycles. The minimum Gasteiger partial charge on any atom is -0.481 e. The van der Waals surface area contributed by atoms with Crippen molar-refractivity contribution in [2.45, 2.75) is 39.2 Å². The molecule has 0 aliphatic carbocycles. The first-order valence-electron chi connectivity index (χ1n) is 6.22. The van der Waals surface area contributed by atoms with Gasteiger partial charge in [0.05, 0.1) is 12.0 Å². The molecule has 0 aliphatic rings. The SMILES string of the molecule is CCCC(CC(=O)O)NC(=O)c1ccc(C)cc1F. The second kappa shape index (κ2) is 6.87. The first kappa shape index (κ1) is 15.1. The minimum absolute atomic E-state index is 0.0582. The van der Waals surface area contributed by atoms with Crippen molar-refractivity contribution >= 4 is 11.9 Å². The molecule has 0 heterocycles. The normalized spacial score (nSPS) is 11.9. The lowest BCUT2D eigenvalue weighted by molar-refractivity contribution is -0.137. The Morgan fingerprint density at radius 1 is 1.42 bits per heavy atom. The summed E-state index contributed by atoms with van der Waals surface area (Å²) in [6.07, 6.45) is 1.13. The molecule has 2 N–H and O–H groups in total. The summed E-state index contributed by atoms with van der Waals surface area (Å²) >= 11 is 0. The molecule has 0 aromatic heterocycles. The van der Waals surface area contributed by atoms with Gasteiger partial charge in [0.15, 0.2) is 0 Å². The van der Waals surface area contributed by atoms with Crippen LogP contribution in [0.25, 0.3) is 0 Å². The van der Waals surface area contributed by atoms with Gasteiger partial charge in [0.1, 0.15) is 5.82 Å². The van der Waals surface area contributed by atoms with Crippen LogP contribution < -0.4 is 5.32 Å². The lowest BCUT2D eigenvalue weighted by Gasteiger charge is -2.16. The number of aliphatic carboxylic acids is 1. The summed E-state index contributed by atoms with van der Waals surface area (Å²) in [6, 6.07) is 3.85. The first-order valence-corrected chi connectivity index (χ1v) is 6.22. The highest BCUT2D eigenvalue weighted by Gasteiger charge is 2.18. The standard InChI is InChI=1S/C14H18FNO3/c1-3-4-10(8-13(17)18)16-14(19)11-6-5-9(2)7-12(11)15/h5-7,10H,3-4,8H2,1-2H3,(H,16,19)(H,17,18). The largest absolute Gasteiger partial charge is 0.481 e. The Labute approximate surface area is 111 Å². The summed E-state index contributed by atoms with van der Waals surface area (Å²) < 4.78 is 13.6. The Morgan fingerprint density at radius 3 is 2.63 bits per heavy atom. The molecular weight excluding hydrogens is 249 g/mol. The molecule has 0 saturated heterocycles. The second-order valence-electron chi connectivity index (χ2n) is 4.54. The van der Waals surface area contributed by atoms with Crippen LogP contribution in [-0.2, 0) is 4.79 Å². The van der Waals surface area contributed by atoms with Gasteiger partial charge in [-0.2, -0.15) is 0 Å². The lowest BCUT2D eigenvalue weighted by Crippen LogP contribution is -2.36. The Bertz CT molecular complexity index is 474. The lowest BCUT2D eigenvalue weighted by atomic mass is 10.1. The Balaban J connectivity index is 2.78. The van der Waals surface area contributed by atoms with Crippen molar-refractivity contribution in [2.75, 3.05) is 0 Å². The van der Waals surface area contributed by atoms with Gasteiger partial charge in [-0.3, -0.25) is 9.59 Å². The average molecular weight is 267 g/mol. The zero-order valence-corrected chi connectivity index (χ0v) is 11.1. The summed E-state index contributed by atoms with van der Waals surface area (Å²) in [5.41, 5.74) is 0.668. The minimum atomic E-state index is -0.983. The number of carbonyl (C=O) groups is 2. The smallest absolute Gasteiger partial charge is 0.305 e. The zero-order valence-electron chi connectivity index (χ0n) is 11.1. The van der Waals surface area contributed by atoms with Crippen molar-refractivity contribution in [1.29, 1.82) is 0 Å². The van der Waals surface area contributed by atoms with Crippen LogP contribution in [0.1, 0.15) is 42.1 Å². The highest BCUT2D eigenvalue weighted by molar-refractivity contribution is 5.94. The van der Waals surface area contributed by atoms with Crippen LogP contribution in [0.4, 0.5) is 4.39 Å². The molecule has 19 heavy (non-hydrogen) atoms. The van der Waals surface area contributed by atoms with E-state index in [1.54, 1.807) is 13.0 Å². The summed E-state index contributed by atoms with van der Waals surface area (Å²) in [5.74, 6) is -2.15. The van der Waals surface area contributed by atoms with Crippen molar-refractivity contribution in [1.82, 2.24) is 5.32 Å². The fraction of sp³-hybridized carbons (Fsp3) is 0.429. The van der Waals surface area contributed by atoms with E-state index >= 15 is 0 Å². The van der Waals surface area contributed by atoms with Crippen molar-refractivity contribution in [3.8, 4) is 0 Å². The maximum absolute atomic E-state index is 13.6. The van der Waals surface area contributed by atoms with Crippen LogP contribution in [0.2, 0.25) is 0 Å². The number of benzene rings is 1. The molecule has 0 radical (unpaired) electrons. The Kier molecular flexibility index (Phi) is 5.48. The molecule has 0 bridgehead atoms. The fourth-order valence-corrected chi connectivity index (χ4v) is 1.85. The summed E-state index contributed by atoms with van der Waals surface area (Å²) in [5, 5.41) is 11.3. The molecule has 1 unspecified atom stereocenters. The van der Waals surface area contributed by atoms with Crippen LogP contribution >= 0.6 is 0 Å². The van der Waals surface area contributed by atoms with Crippen LogP contribution in [-0.4, -0.2) is 23.0 Å². The molecule has 1 atom stereocenters. The third kappa shape index (κ3) is 4.69. The highest BCUT2D eigenvalue weighted by atomic mass is 19.1. The van der Waals surface area contributed by atoms with E-state index in [2.05, 4.69) is 5.32 Å². The van der Waals surface area contributed by atoms with Gasteiger partial charge in [0.25, 0.3) is 5.91 Å². The van der Waals surface area contributed by atoms with Gasteiger partial charge in [0, 0.05) is 6.04 Å². The van der Waals surface area contributed by atoms with Gasteiger partial charge in [-0.15, -0.1) is 0 Å². The molecule has 1 aromatic carbocycles. The molecule has 0 aliphatic heterocycles. The number of carbonyl (C=O) groups excluding carboxylic acids is 1. The van der Waals surface area contributed by atoms with E-state index in [1.807, 2.05) is 6.92 Å². The van der Waals surface area contributed by atoms with Gasteiger partial charge in [-0.25, -0.2) is 4.39 Å². The molecular formula is C14H18FNO3. The van der Waals surface area contributed by atoms with Crippen molar-refractivity contribution in [3.63, 3.8) is 0 Å². The van der Waals surface area contributed by atoms with Crippen LogP contribution in [0, 0.1) is 12.7 Å². The highest BCUT2D eigenvalue weighted by Crippen LogP contribution is 2.11. The van der Waals surface area contributed by atoms with Crippen molar-refractivity contribution in [3.05, 3.63) is 35.1 Å². The summed E-state index contributed by atoms with van der Waals surface area (Å²) in [7, 11) is 0. The van der Waals surface area contributed by atoms with Gasteiger partial charge in [-0.05, 0) is 31.0 Å². The number of carboxylic acid groups (broad SMARTS) is 1. The summed E-state index contributed by atoms with van der Waals surface area (Å²) in [6.45, 7) is 3.63. The maximum Gasteiger partial charge on any atom is 0.305 e. The topological polar surface area (TPSA) is 66.4 Å². The number of hydrogen-bond acceptors (Lipinski definition) is 2. The maximum atomic E-state index is 13.6. The molecule has 104 valence electrons. The third-order valence-electron chi connectivity index (χ3n) is 2.76. The molecule has 5 heteroatoms. The Hall–Kier alpha value is -1.91. The van der Waals surface area contributed by atoms with E-state index in [4.69, 9.17) is 5.11 Å². The number of rotatable bonds is 6. The number of nitrogens with one attached hydrogen (secondary N) is 1. The molecule has 4 nitrogen and oxygen atoms in total. The monoisotopic (exact) mass is 267 g/mol. The van der Waals surface area contributed by atoms with E-state index in [0.717, 1.165) is 12.0 Å².